The number of piperidine rings is 1. The van der Waals surface area contributed by atoms with Gasteiger partial charge in [-0.15, -0.1) is 0 Å². The molecule has 1 saturated heterocycles. The smallest absolute Gasteiger partial charge is 0.489 e. The van der Waals surface area contributed by atoms with Crippen molar-refractivity contribution in [3.05, 3.63) is 40.7 Å². The molecular formula is C25H34F3NO6S. The normalized spacial score (nSPS) is 18.2. The van der Waals surface area contributed by atoms with Gasteiger partial charge in [-0.2, -0.15) is 21.6 Å². The fraction of sp³-hybridized carbons (Fsp3) is 0.640. The van der Waals surface area contributed by atoms with E-state index in [1.807, 2.05) is 45.9 Å². The Bertz CT molecular complexity index is 1080. The molecule has 3 rings (SSSR count). The Kier molecular flexibility index (Phi) is 8.52. The molecular weight excluding hydrogens is 499 g/mol. The summed E-state index contributed by atoms with van der Waals surface area (Å²) in [6, 6.07) is 5.79. The molecule has 7 nitrogen and oxygen atoms in total. The Balaban J connectivity index is 1.61. The minimum atomic E-state index is -5.70. The van der Waals surface area contributed by atoms with E-state index in [2.05, 4.69) is 4.18 Å². The molecule has 1 heterocycles. The van der Waals surface area contributed by atoms with E-state index in [0.29, 0.717) is 37.3 Å². The van der Waals surface area contributed by atoms with Gasteiger partial charge in [0.05, 0.1) is 0 Å². The standard InChI is InChI=1S/C25H34F3NO6S/c1-17-15-19(18-11-13-29(14-12-18)23(30)34-24(2,3)4)9-10-21(17)33-16-20-7-5-6-8-22(20)35-36(31,32)25(26,27)28/h9-10,15,18H,5-8,11-14,16H2,1-4H3. The molecule has 1 fully saturated rings. The molecule has 1 amide bonds. The summed E-state index contributed by atoms with van der Waals surface area (Å²) < 4.78 is 76.9. The van der Waals surface area contributed by atoms with E-state index in [1.165, 1.54) is 0 Å². The van der Waals surface area contributed by atoms with Gasteiger partial charge < -0.3 is 18.6 Å². The van der Waals surface area contributed by atoms with Gasteiger partial charge in [0.15, 0.2) is 0 Å². The Hall–Kier alpha value is -2.43. The zero-order valence-electron chi connectivity index (χ0n) is 21.1. The lowest BCUT2D eigenvalue weighted by Crippen LogP contribution is -2.41. The third kappa shape index (κ3) is 7.30. The molecule has 0 spiro atoms. The van der Waals surface area contributed by atoms with Crippen molar-refractivity contribution in [1.82, 2.24) is 4.90 Å². The predicted molar refractivity (Wildman–Crippen MR) is 128 cm³/mol. The number of hydrogen-bond acceptors (Lipinski definition) is 6. The number of likely N-dealkylation sites (tertiary alicyclic amines) is 1. The maximum absolute atomic E-state index is 12.7. The molecule has 1 aliphatic heterocycles. The number of carbonyl (C=O) groups is 1. The first-order valence-corrected chi connectivity index (χ1v) is 13.5. The van der Waals surface area contributed by atoms with Gasteiger partial charge in [-0.1, -0.05) is 12.1 Å². The van der Waals surface area contributed by atoms with Gasteiger partial charge in [-0.3, -0.25) is 0 Å². The van der Waals surface area contributed by atoms with Gasteiger partial charge in [0.1, 0.15) is 23.7 Å². The van der Waals surface area contributed by atoms with Crippen LogP contribution in [0.3, 0.4) is 0 Å². The second-order valence-electron chi connectivity index (χ2n) is 10.3. The lowest BCUT2D eigenvalue weighted by molar-refractivity contribution is -0.0525. The fourth-order valence-corrected chi connectivity index (χ4v) is 4.91. The SMILES string of the molecule is Cc1cc(C2CCN(C(=O)OC(C)(C)C)CC2)ccc1OCC1=C(OS(=O)(=O)C(F)(F)F)CCCC1. The molecule has 1 aromatic carbocycles. The number of amides is 1. The van der Waals surface area contributed by atoms with Gasteiger partial charge in [0.25, 0.3) is 0 Å². The van der Waals surface area contributed by atoms with Crippen molar-refractivity contribution in [2.75, 3.05) is 19.7 Å². The van der Waals surface area contributed by atoms with Crippen molar-refractivity contribution >= 4 is 16.2 Å². The van der Waals surface area contributed by atoms with E-state index in [1.54, 1.807) is 4.90 Å². The highest BCUT2D eigenvalue weighted by Crippen LogP contribution is 2.34. The number of benzene rings is 1. The highest BCUT2D eigenvalue weighted by atomic mass is 32.2. The lowest BCUT2D eigenvalue weighted by Gasteiger charge is -2.33. The molecule has 0 saturated carbocycles. The van der Waals surface area contributed by atoms with Gasteiger partial charge >= 0.3 is 21.7 Å². The van der Waals surface area contributed by atoms with Crippen LogP contribution >= 0.6 is 0 Å². The van der Waals surface area contributed by atoms with Crippen LogP contribution in [0.1, 0.15) is 76.3 Å². The van der Waals surface area contributed by atoms with E-state index < -0.39 is 21.2 Å². The first-order valence-electron chi connectivity index (χ1n) is 12.1. The predicted octanol–water partition coefficient (Wildman–Crippen LogP) is 6.18. The second kappa shape index (κ2) is 10.9. The monoisotopic (exact) mass is 533 g/mol. The third-order valence-electron chi connectivity index (χ3n) is 6.24. The van der Waals surface area contributed by atoms with Crippen LogP contribution < -0.4 is 4.74 Å². The number of carbonyl (C=O) groups excluding carboxylic acids is 1. The summed E-state index contributed by atoms with van der Waals surface area (Å²) in [4.78, 5) is 14.0. The van der Waals surface area contributed by atoms with Crippen LogP contribution in [0.2, 0.25) is 0 Å². The number of alkyl halides is 3. The zero-order valence-corrected chi connectivity index (χ0v) is 21.9. The molecule has 2 aliphatic rings. The topological polar surface area (TPSA) is 82.1 Å². The molecule has 202 valence electrons. The molecule has 0 radical (unpaired) electrons. The van der Waals surface area contributed by atoms with Crippen LogP contribution in [0.15, 0.2) is 29.5 Å². The molecule has 1 aromatic rings. The first kappa shape index (κ1) is 28.1. The van der Waals surface area contributed by atoms with Gasteiger partial charge in [-0.25, -0.2) is 4.79 Å². The van der Waals surface area contributed by atoms with E-state index in [4.69, 9.17) is 9.47 Å². The minimum absolute atomic E-state index is 0.0445. The van der Waals surface area contributed by atoms with Crippen molar-refractivity contribution in [2.45, 2.75) is 83.2 Å². The average molecular weight is 534 g/mol. The molecule has 0 unspecified atom stereocenters. The first-order chi connectivity index (χ1) is 16.7. The van der Waals surface area contributed by atoms with Crippen molar-refractivity contribution in [2.24, 2.45) is 0 Å². The maximum atomic E-state index is 12.7. The summed E-state index contributed by atoms with van der Waals surface area (Å²) in [6.45, 7) is 8.57. The van der Waals surface area contributed by atoms with E-state index in [9.17, 15) is 26.4 Å². The molecule has 0 aromatic heterocycles. The van der Waals surface area contributed by atoms with E-state index in [-0.39, 0.29) is 30.8 Å². The summed E-state index contributed by atoms with van der Waals surface area (Å²) in [6.07, 6.45) is 3.11. The van der Waals surface area contributed by atoms with Crippen LogP contribution in [-0.4, -0.2) is 50.2 Å². The molecule has 0 atom stereocenters. The average Bonchev–Trinajstić information content (AvgIpc) is 2.77. The number of nitrogens with zero attached hydrogens (tertiary/aromatic N) is 1. The van der Waals surface area contributed by atoms with Crippen molar-refractivity contribution in [1.29, 1.82) is 0 Å². The zero-order chi connectivity index (χ0) is 26.7. The highest BCUT2D eigenvalue weighted by Gasteiger charge is 2.49. The molecule has 0 N–H and O–H groups in total. The third-order valence-corrected chi connectivity index (χ3v) is 7.23. The fourth-order valence-electron chi connectivity index (χ4n) is 4.35. The Morgan fingerprint density at radius 3 is 2.31 bits per heavy atom. The van der Waals surface area contributed by atoms with Crippen LogP contribution in [0.25, 0.3) is 0 Å². The highest BCUT2D eigenvalue weighted by molar-refractivity contribution is 7.87. The van der Waals surface area contributed by atoms with Crippen LogP contribution in [-0.2, 0) is 19.0 Å². The van der Waals surface area contributed by atoms with Crippen LogP contribution in [0, 0.1) is 6.92 Å². The number of allylic oxidation sites excluding steroid dienone is 1. The van der Waals surface area contributed by atoms with Crippen molar-refractivity contribution in [3.63, 3.8) is 0 Å². The van der Waals surface area contributed by atoms with Gasteiger partial charge in [-0.05, 0) is 82.9 Å². The summed E-state index contributed by atoms with van der Waals surface area (Å²) in [5.41, 5.74) is -3.59. The Labute approximate surface area is 210 Å². The lowest BCUT2D eigenvalue weighted by atomic mass is 9.88. The summed E-state index contributed by atoms with van der Waals surface area (Å²) in [5, 5.41) is 0. The summed E-state index contributed by atoms with van der Waals surface area (Å²) in [5.74, 6) is 0.677. The maximum Gasteiger partial charge on any atom is 0.534 e. The summed E-state index contributed by atoms with van der Waals surface area (Å²) >= 11 is 0. The van der Waals surface area contributed by atoms with Crippen molar-refractivity contribution < 1.29 is 40.0 Å². The number of aryl methyl sites for hydroxylation is 1. The molecule has 0 bridgehead atoms. The van der Waals surface area contributed by atoms with Crippen molar-refractivity contribution in [3.8, 4) is 5.75 Å². The second-order valence-corrected chi connectivity index (χ2v) is 11.8. The van der Waals surface area contributed by atoms with E-state index >= 15 is 0 Å². The number of hydrogen-bond donors (Lipinski definition) is 0. The number of halogens is 3. The number of rotatable bonds is 6. The van der Waals surface area contributed by atoms with Crippen LogP contribution in [0.5, 0.6) is 5.75 Å². The number of ether oxygens (including phenoxy) is 2. The molecule has 11 heteroatoms. The van der Waals surface area contributed by atoms with Crippen LogP contribution in [0.4, 0.5) is 18.0 Å². The molecule has 1 aliphatic carbocycles. The Morgan fingerprint density at radius 1 is 1.08 bits per heavy atom. The van der Waals surface area contributed by atoms with Gasteiger partial charge in [0.2, 0.25) is 0 Å². The summed E-state index contributed by atoms with van der Waals surface area (Å²) in [7, 11) is -5.70. The van der Waals surface area contributed by atoms with Gasteiger partial charge in [0, 0.05) is 25.1 Å². The Morgan fingerprint density at radius 2 is 1.72 bits per heavy atom. The quantitative estimate of drug-likeness (QED) is 0.321. The molecule has 36 heavy (non-hydrogen) atoms. The largest absolute Gasteiger partial charge is 0.534 e. The van der Waals surface area contributed by atoms with E-state index in [0.717, 1.165) is 30.4 Å². The minimum Gasteiger partial charge on any atom is -0.489 e.